The molecular formula is C15H17N3O3S. The number of carbonyl (C=O) groups excluding carboxylic acids is 2. The molecule has 116 valence electrons. The number of aromatic nitrogens is 1. The van der Waals surface area contributed by atoms with Crippen LogP contribution in [-0.4, -0.2) is 33.3 Å². The van der Waals surface area contributed by atoms with E-state index in [4.69, 9.17) is 4.42 Å². The van der Waals surface area contributed by atoms with Crippen molar-refractivity contribution in [2.45, 2.75) is 31.2 Å². The molecule has 1 saturated heterocycles. The van der Waals surface area contributed by atoms with Crippen LogP contribution in [0.4, 0.5) is 0 Å². The summed E-state index contributed by atoms with van der Waals surface area (Å²) in [6.45, 7) is 3.90. The van der Waals surface area contributed by atoms with Gasteiger partial charge in [-0.3, -0.25) is 9.59 Å². The van der Waals surface area contributed by atoms with Crippen LogP contribution in [0.1, 0.15) is 19.7 Å². The van der Waals surface area contributed by atoms with Gasteiger partial charge in [-0.15, -0.1) is 11.8 Å². The first-order valence-electron chi connectivity index (χ1n) is 7.03. The van der Waals surface area contributed by atoms with Crippen molar-refractivity contribution in [3.05, 3.63) is 30.2 Å². The standard InChI is InChI=1S/C15H17N3O3S/c1-15(2)14(20)18-10(8-22-15)13(19)16-7-12-17-9-5-3-4-6-11(9)21-12/h3-6,10H,7-8H2,1-2H3,(H,16,19)(H,18,20)/t10-/m0/s1. The summed E-state index contributed by atoms with van der Waals surface area (Å²) in [6, 6.07) is 6.91. The lowest BCUT2D eigenvalue weighted by Gasteiger charge is -2.32. The first-order valence-corrected chi connectivity index (χ1v) is 8.01. The lowest BCUT2D eigenvalue weighted by molar-refractivity contribution is -0.129. The van der Waals surface area contributed by atoms with Crippen LogP contribution in [0.5, 0.6) is 0 Å². The highest BCUT2D eigenvalue weighted by atomic mass is 32.2. The summed E-state index contributed by atoms with van der Waals surface area (Å²) in [7, 11) is 0. The van der Waals surface area contributed by atoms with Gasteiger partial charge in [-0.2, -0.15) is 0 Å². The molecule has 3 rings (SSSR count). The van der Waals surface area contributed by atoms with E-state index in [9.17, 15) is 9.59 Å². The number of oxazole rings is 1. The molecule has 2 amide bonds. The van der Waals surface area contributed by atoms with E-state index in [1.165, 1.54) is 11.8 Å². The SMILES string of the molecule is CC1(C)SC[C@@H](C(=O)NCc2nc3ccccc3o2)NC1=O. The highest BCUT2D eigenvalue weighted by molar-refractivity contribution is 8.01. The van der Waals surface area contributed by atoms with E-state index in [0.29, 0.717) is 17.2 Å². The van der Waals surface area contributed by atoms with Crippen LogP contribution < -0.4 is 10.6 Å². The van der Waals surface area contributed by atoms with Gasteiger partial charge in [0.1, 0.15) is 11.6 Å². The van der Waals surface area contributed by atoms with E-state index in [-0.39, 0.29) is 18.4 Å². The predicted molar refractivity (Wildman–Crippen MR) is 84.3 cm³/mol. The van der Waals surface area contributed by atoms with Crippen molar-refractivity contribution < 1.29 is 14.0 Å². The Bertz CT molecular complexity index is 693. The van der Waals surface area contributed by atoms with Crippen molar-refractivity contribution in [3.8, 4) is 0 Å². The quantitative estimate of drug-likeness (QED) is 0.894. The maximum atomic E-state index is 12.1. The Morgan fingerprint density at radius 1 is 1.50 bits per heavy atom. The van der Waals surface area contributed by atoms with Crippen LogP contribution in [0, 0.1) is 0 Å². The smallest absolute Gasteiger partial charge is 0.243 e. The van der Waals surface area contributed by atoms with Gasteiger partial charge in [0.05, 0.1) is 11.3 Å². The summed E-state index contributed by atoms with van der Waals surface area (Å²) in [5.41, 5.74) is 1.45. The third-order valence-corrected chi connectivity index (χ3v) is 4.94. The molecule has 7 heteroatoms. The minimum absolute atomic E-state index is 0.120. The Balaban J connectivity index is 1.59. The number of thioether (sulfide) groups is 1. The summed E-state index contributed by atoms with van der Waals surface area (Å²) in [5, 5.41) is 5.50. The summed E-state index contributed by atoms with van der Waals surface area (Å²) in [6.07, 6.45) is 0. The number of benzene rings is 1. The van der Waals surface area contributed by atoms with Crippen molar-refractivity contribution in [1.82, 2.24) is 15.6 Å². The molecule has 1 aliphatic rings. The van der Waals surface area contributed by atoms with Crippen molar-refractivity contribution in [2.24, 2.45) is 0 Å². The number of carbonyl (C=O) groups is 2. The Morgan fingerprint density at radius 3 is 3.00 bits per heavy atom. The van der Waals surface area contributed by atoms with Crippen LogP contribution in [0.25, 0.3) is 11.1 Å². The molecule has 0 spiro atoms. The molecule has 6 nitrogen and oxygen atoms in total. The van der Waals surface area contributed by atoms with Crippen LogP contribution in [0.2, 0.25) is 0 Å². The number of para-hydroxylation sites is 2. The zero-order valence-corrected chi connectivity index (χ0v) is 13.2. The van der Waals surface area contributed by atoms with Gasteiger partial charge in [-0.1, -0.05) is 12.1 Å². The number of nitrogens with zero attached hydrogens (tertiary/aromatic N) is 1. The third-order valence-electron chi connectivity index (χ3n) is 3.53. The van der Waals surface area contributed by atoms with E-state index in [0.717, 1.165) is 5.52 Å². The average Bonchev–Trinajstić information content (AvgIpc) is 2.90. The molecular weight excluding hydrogens is 302 g/mol. The Labute approximate surface area is 132 Å². The maximum absolute atomic E-state index is 12.1. The Morgan fingerprint density at radius 2 is 2.27 bits per heavy atom. The number of amides is 2. The third kappa shape index (κ3) is 2.94. The van der Waals surface area contributed by atoms with Gasteiger partial charge >= 0.3 is 0 Å². The van der Waals surface area contributed by atoms with Crippen LogP contribution in [0.3, 0.4) is 0 Å². The van der Waals surface area contributed by atoms with E-state index in [1.54, 1.807) is 0 Å². The molecule has 0 unspecified atom stereocenters. The van der Waals surface area contributed by atoms with Gasteiger partial charge in [0, 0.05) is 5.75 Å². The molecule has 1 fully saturated rings. The maximum Gasteiger partial charge on any atom is 0.243 e. The van der Waals surface area contributed by atoms with Crippen molar-refractivity contribution in [2.75, 3.05) is 5.75 Å². The predicted octanol–water partition coefficient (Wildman–Crippen LogP) is 1.45. The van der Waals surface area contributed by atoms with E-state index in [2.05, 4.69) is 15.6 Å². The molecule has 1 aromatic heterocycles. The second-order valence-electron chi connectivity index (χ2n) is 5.64. The lowest BCUT2D eigenvalue weighted by atomic mass is 10.1. The first-order chi connectivity index (χ1) is 10.5. The van der Waals surface area contributed by atoms with Gasteiger partial charge in [0.2, 0.25) is 17.7 Å². The molecule has 0 saturated carbocycles. The summed E-state index contributed by atoms with van der Waals surface area (Å²) in [5.74, 6) is 0.659. The summed E-state index contributed by atoms with van der Waals surface area (Å²) >= 11 is 1.48. The summed E-state index contributed by atoms with van der Waals surface area (Å²) < 4.78 is 5.05. The fourth-order valence-corrected chi connectivity index (χ4v) is 3.16. The Kier molecular flexibility index (Phi) is 3.82. The fourth-order valence-electron chi connectivity index (χ4n) is 2.15. The van der Waals surface area contributed by atoms with Gasteiger partial charge < -0.3 is 15.1 Å². The van der Waals surface area contributed by atoms with Gasteiger partial charge in [-0.25, -0.2) is 4.98 Å². The van der Waals surface area contributed by atoms with Gasteiger partial charge in [0.15, 0.2) is 5.58 Å². The number of fused-ring (bicyclic) bond motifs is 1. The second kappa shape index (κ2) is 5.64. The first kappa shape index (κ1) is 14.9. The largest absolute Gasteiger partial charge is 0.439 e. The average molecular weight is 319 g/mol. The van der Waals surface area contributed by atoms with E-state index >= 15 is 0 Å². The fraction of sp³-hybridized carbons (Fsp3) is 0.400. The monoisotopic (exact) mass is 319 g/mol. The Hall–Kier alpha value is -2.02. The van der Waals surface area contributed by atoms with E-state index in [1.807, 2.05) is 38.1 Å². The minimum Gasteiger partial charge on any atom is -0.439 e. The van der Waals surface area contributed by atoms with Crippen molar-refractivity contribution >= 4 is 34.7 Å². The molecule has 2 aromatic rings. The van der Waals surface area contributed by atoms with Crippen molar-refractivity contribution in [1.29, 1.82) is 0 Å². The molecule has 2 heterocycles. The number of rotatable bonds is 3. The highest BCUT2D eigenvalue weighted by Gasteiger charge is 2.37. The summed E-state index contributed by atoms with van der Waals surface area (Å²) in [4.78, 5) is 28.3. The zero-order valence-electron chi connectivity index (χ0n) is 12.4. The van der Waals surface area contributed by atoms with Crippen molar-refractivity contribution in [3.63, 3.8) is 0 Å². The number of hydrogen-bond donors (Lipinski definition) is 2. The minimum atomic E-state index is -0.519. The molecule has 1 atom stereocenters. The molecule has 0 bridgehead atoms. The normalized spacial score (nSPS) is 20.6. The molecule has 22 heavy (non-hydrogen) atoms. The zero-order chi connectivity index (χ0) is 15.7. The van der Waals surface area contributed by atoms with Gasteiger partial charge in [0.25, 0.3) is 0 Å². The van der Waals surface area contributed by atoms with Crippen LogP contribution in [0.15, 0.2) is 28.7 Å². The van der Waals surface area contributed by atoms with E-state index < -0.39 is 10.8 Å². The lowest BCUT2D eigenvalue weighted by Crippen LogP contribution is -2.57. The molecule has 0 aliphatic carbocycles. The topological polar surface area (TPSA) is 84.2 Å². The van der Waals surface area contributed by atoms with Crippen LogP contribution >= 0.6 is 11.8 Å². The molecule has 1 aromatic carbocycles. The highest BCUT2D eigenvalue weighted by Crippen LogP contribution is 2.29. The van der Waals surface area contributed by atoms with Crippen LogP contribution in [-0.2, 0) is 16.1 Å². The van der Waals surface area contributed by atoms with Gasteiger partial charge in [-0.05, 0) is 26.0 Å². The molecule has 2 N–H and O–H groups in total. The molecule has 1 aliphatic heterocycles. The second-order valence-corrected chi connectivity index (χ2v) is 7.28. The number of nitrogens with one attached hydrogen (secondary N) is 2. The number of hydrogen-bond acceptors (Lipinski definition) is 5. The molecule has 0 radical (unpaired) electrons.